The van der Waals surface area contributed by atoms with E-state index in [2.05, 4.69) is 70.7 Å². The van der Waals surface area contributed by atoms with Crippen molar-refractivity contribution in [2.24, 2.45) is 10.8 Å². The fraction of sp³-hybridized carbons (Fsp3) is 0.552. The second-order valence-electron chi connectivity index (χ2n) is 28.7. The molecule has 0 bridgehead atoms. The Bertz CT molecular complexity index is 4080. The fourth-order valence-corrected chi connectivity index (χ4v) is 15.8. The van der Waals surface area contributed by atoms with Gasteiger partial charge in [-0.3, -0.25) is 20.2 Å². The van der Waals surface area contributed by atoms with Gasteiger partial charge in [0, 0.05) is 66.7 Å². The Balaban J connectivity index is 0.000000179. The van der Waals surface area contributed by atoms with Gasteiger partial charge in [0.2, 0.25) is 0 Å². The molecule has 2 aromatic carbocycles. The summed E-state index contributed by atoms with van der Waals surface area (Å²) in [6.07, 6.45) is 6.02. The van der Waals surface area contributed by atoms with E-state index in [4.69, 9.17) is 66.5 Å². The molecule has 3 aliphatic heterocycles. The van der Waals surface area contributed by atoms with Crippen LogP contribution in [0, 0.1) is 38.2 Å². The maximum Gasteiger partial charge on any atom is 0.276 e. The van der Waals surface area contributed by atoms with Crippen molar-refractivity contribution in [3.63, 3.8) is 0 Å². The van der Waals surface area contributed by atoms with Gasteiger partial charge in [-0.15, -0.1) is 0 Å². The molecule has 0 radical (unpaired) electrons. The van der Waals surface area contributed by atoms with Crippen molar-refractivity contribution >= 4 is 127 Å². The summed E-state index contributed by atoms with van der Waals surface area (Å²) < 4.78 is 55.0. The summed E-state index contributed by atoms with van der Waals surface area (Å²) in [5.74, 6) is 1.28. The lowest BCUT2D eigenvalue weighted by molar-refractivity contribution is -0.386. The number of rotatable bonds is 21. The number of fused-ring (bicyclic) bond motifs is 3. The van der Waals surface area contributed by atoms with E-state index in [1.165, 1.54) is 45.3 Å². The molecule has 0 saturated carbocycles. The molecule has 8 aromatic rings. The molecule has 0 aliphatic carbocycles. The Labute approximate surface area is 622 Å². The van der Waals surface area contributed by atoms with E-state index in [-0.39, 0.29) is 91.7 Å². The Morgan fingerprint density at radius 3 is 1.39 bits per heavy atom. The van der Waals surface area contributed by atoms with Gasteiger partial charge in [0.05, 0.1) is 128 Å². The predicted octanol–water partition coefficient (Wildman–Crippen LogP) is 12.7. The van der Waals surface area contributed by atoms with Crippen molar-refractivity contribution in [1.82, 2.24) is 43.6 Å². The van der Waals surface area contributed by atoms with Gasteiger partial charge >= 0.3 is 0 Å². The number of aromatic nitrogens is 9. The number of nitro groups is 2. The van der Waals surface area contributed by atoms with Crippen LogP contribution in [-0.4, -0.2) is 151 Å². The van der Waals surface area contributed by atoms with E-state index in [1.807, 2.05) is 97.5 Å². The number of methoxy groups -OCH3 is 2. The Kier molecular flexibility index (Phi) is 25.4. The largest absolute Gasteiger partial charge is 0.496 e. The summed E-state index contributed by atoms with van der Waals surface area (Å²) in [7, 11) is 1.13. The number of anilines is 1. The standard InChI is InChI=1S/C24H28ClIN4O7.C24H30IN5O7.C19H30ClN3O3Si/c1-24(2,3)21(13-5-17(35-4)14(26)6-15(13)30(33)34)36-10-12-8-29(19-7-16(32)18(9-31)37-19)23-20(12)22(25)27-11-28-23;1-24(2,3)21(13-5-17(35-4)14(25)6-15(13)30(33)34)36-10-12-8-29(19-7-16(32)18(9-31)37-19)23-20(12)22(26)27-11-28-23;1-7-13-14(26-27(5,6)19(2,3)4)8-15(25-13)23-9-12(10-24)16-17(20)21-11-22-18(16)23/h5-6,8,11,16,18-19,21,31-32H,7,9-10H2,1-4H3;5-6,8,11,16,18-19,21,31-32H,7,9-10H2,1-4H3,(H2,26,27,28);9,11,13-15,24H,7-8,10H2,1-6H3/t2*16?,18-,19-,21-;13-,14?,15-/m111/s1. The van der Waals surface area contributed by atoms with Gasteiger partial charge in [0.15, 0.2) is 8.32 Å². The van der Waals surface area contributed by atoms with Crippen LogP contribution in [0.4, 0.5) is 17.2 Å². The first-order valence-electron chi connectivity index (χ1n) is 32.7. The molecule has 34 heteroatoms. The SMILES string of the molecule is CC[C@H]1O[C@@H](n2cc(CO)c3c(Cl)ncnc32)CC1O[Si](C)(C)C(C)(C)C.COc1cc([C@@H](OCc2cn([C@H]3CC(O)[C@@H](CO)O3)c3ncnc(Cl)c23)C(C)(C)C)c([N+](=O)[O-])cc1I.COc1cc([C@@H](OCc2cn([C@H]3CC(O)[C@@H](CO)O3)c3ncnc(N)c23)C(C)(C)C)c([N+](=O)[O-])cc1I. The van der Waals surface area contributed by atoms with E-state index in [1.54, 1.807) is 33.7 Å². The summed E-state index contributed by atoms with van der Waals surface area (Å²) >= 11 is 16.7. The van der Waals surface area contributed by atoms with Crippen LogP contribution in [0.1, 0.15) is 154 Å². The highest BCUT2D eigenvalue weighted by Crippen LogP contribution is 2.48. The van der Waals surface area contributed by atoms with Crippen molar-refractivity contribution in [1.29, 1.82) is 0 Å². The van der Waals surface area contributed by atoms with Crippen LogP contribution < -0.4 is 15.2 Å². The Hall–Kier alpha value is -5.68. The third-order valence-corrected chi connectivity index (χ3v) is 25.4. The van der Waals surface area contributed by atoms with Gasteiger partial charge in [0.1, 0.15) is 94.4 Å². The summed E-state index contributed by atoms with van der Waals surface area (Å²) in [5, 5.41) is 75.6. The average Bonchev–Trinajstić information content (AvgIpc) is 1.67. The quantitative estimate of drug-likeness (QED) is 0.0128. The Morgan fingerprint density at radius 1 is 0.624 bits per heavy atom. The lowest BCUT2D eigenvalue weighted by Gasteiger charge is -2.39. The Morgan fingerprint density at radius 2 is 1.01 bits per heavy atom. The number of nitrogens with zero attached hydrogens (tertiary/aromatic N) is 11. The number of nitrogen functional groups attached to an aromatic ring is 1. The number of benzene rings is 2. The lowest BCUT2D eigenvalue weighted by Crippen LogP contribution is -2.45. The van der Waals surface area contributed by atoms with Gasteiger partial charge in [0.25, 0.3) is 11.4 Å². The van der Waals surface area contributed by atoms with Gasteiger partial charge in [-0.1, -0.05) is 92.4 Å². The molecule has 550 valence electrons. The number of halogens is 4. The zero-order valence-electron chi connectivity index (χ0n) is 58.6. The normalized spacial score (nSPS) is 21.8. The maximum absolute atomic E-state index is 11.9. The molecule has 3 aliphatic rings. The van der Waals surface area contributed by atoms with Crippen molar-refractivity contribution < 1.29 is 73.0 Å². The second kappa shape index (κ2) is 32.4. The highest BCUT2D eigenvalue weighted by Gasteiger charge is 2.46. The van der Waals surface area contributed by atoms with Gasteiger partial charge in [-0.25, -0.2) is 29.9 Å². The molecule has 11 rings (SSSR count). The molecule has 7 N–H and O–H groups in total. The molecular weight excluding hydrogens is 1600 g/mol. The summed E-state index contributed by atoms with van der Waals surface area (Å²) in [6, 6.07) is 6.26. The van der Waals surface area contributed by atoms with E-state index in [9.17, 15) is 45.8 Å². The van der Waals surface area contributed by atoms with Crippen molar-refractivity contribution in [2.75, 3.05) is 33.2 Å². The molecular formula is C67H88Cl2I2N12O17Si. The minimum atomic E-state index is -1.90. The predicted molar refractivity (Wildman–Crippen MR) is 396 cm³/mol. The van der Waals surface area contributed by atoms with E-state index in [0.29, 0.717) is 84.7 Å². The number of hydrogen-bond acceptors (Lipinski definition) is 24. The highest BCUT2D eigenvalue weighted by atomic mass is 127. The molecule has 101 heavy (non-hydrogen) atoms. The third-order valence-electron chi connectivity index (χ3n) is 18.6. The maximum atomic E-state index is 11.9. The summed E-state index contributed by atoms with van der Waals surface area (Å²) in [4.78, 5) is 48.4. The second-order valence-corrected chi connectivity index (χ2v) is 36.5. The van der Waals surface area contributed by atoms with E-state index < -0.39 is 78.1 Å². The van der Waals surface area contributed by atoms with E-state index in [0.717, 1.165) is 12.8 Å². The molecule has 29 nitrogen and oxygen atoms in total. The van der Waals surface area contributed by atoms with Crippen LogP contribution in [0.25, 0.3) is 33.1 Å². The molecule has 6 aromatic heterocycles. The molecule has 3 unspecified atom stereocenters. The molecule has 0 spiro atoms. The lowest BCUT2D eigenvalue weighted by atomic mass is 9.83. The fourth-order valence-electron chi connectivity index (χ4n) is 12.6. The number of aliphatic hydroxyl groups excluding tert-OH is 5. The summed E-state index contributed by atoms with van der Waals surface area (Å²) in [6.45, 7) is 24.4. The molecule has 3 fully saturated rings. The number of nitro benzene ring substituents is 2. The molecule has 3 saturated heterocycles. The molecule has 0 amide bonds. The number of aliphatic hydroxyl groups is 5. The monoisotopic (exact) mass is 1680 g/mol. The van der Waals surface area contributed by atoms with Crippen molar-refractivity contribution in [3.8, 4) is 11.5 Å². The first kappa shape index (κ1) is 79.4. The zero-order valence-corrected chi connectivity index (χ0v) is 65.5. The van der Waals surface area contributed by atoms with Crippen molar-refractivity contribution in [3.05, 3.63) is 127 Å². The number of ether oxygens (including phenoxy) is 7. The smallest absolute Gasteiger partial charge is 0.276 e. The van der Waals surface area contributed by atoms with Crippen LogP contribution in [0.15, 0.2) is 61.8 Å². The third kappa shape index (κ3) is 17.2. The first-order valence-corrected chi connectivity index (χ1v) is 38.5. The van der Waals surface area contributed by atoms with Crippen molar-refractivity contribution in [2.45, 2.75) is 200 Å². The number of hydrogen-bond donors (Lipinski definition) is 6. The van der Waals surface area contributed by atoms with Crippen LogP contribution in [0.3, 0.4) is 0 Å². The topological polar surface area (TPSA) is 379 Å². The summed E-state index contributed by atoms with van der Waals surface area (Å²) in [5.41, 5.74) is 9.55. The van der Waals surface area contributed by atoms with Gasteiger partial charge in [-0.2, -0.15) is 0 Å². The van der Waals surface area contributed by atoms with Crippen LogP contribution in [0.5, 0.6) is 11.5 Å². The molecule has 9 heterocycles. The van der Waals surface area contributed by atoms with Crippen LogP contribution in [0.2, 0.25) is 28.4 Å². The van der Waals surface area contributed by atoms with E-state index >= 15 is 0 Å². The van der Waals surface area contributed by atoms with Gasteiger partial charge < -0.3 is 82.6 Å². The first-order chi connectivity index (χ1) is 47.5. The van der Waals surface area contributed by atoms with Crippen LogP contribution >= 0.6 is 68.4 Å². The average molecular weight is 1690 g/mol. The molecule has 11 atom stereocenters. The van der Waals surface area contributed by atoms with Gasteiger partial charge in [-0.05, 0) is 92.7 Å². The number of nitrogens with two attached hydrogens (primary N) is 1. The highest BCUT2D eigenvalue weighted by molar-refractivity contribution is 14.1. The minimum absolute atomic E-state index is 0.0384. The minimum Gasteiger partial charge on any atom is -0.496 e. The van der Waals surface area contributed by atoms with Crippen LogP contribution in [-0.2, 0) is 47.9 Å². The zero-order chi connectivity index (χ0) is 74.1.